The summed E-state index contributed by atoms with van der Waals surface area (Å²) in [5, 5.41) is 6.97. The fourth-order valence-corrected chi connectivity index (χ4v) is 11.8. The largest absolute Gasteiger partial charge is 0.458 e. The van der Waals surface area contributed by atoms with Gasteiger partial charge in [-0.25, -0.2) is 4.98 Å². The maximum Gasteiger partial charge on any atom is 0.260 e. The lowest BCUT2D eigenvalue weighted by atomic mass is 9.35. The maximum absolute atomic E-state index is 6.80. The van der Waals surface area contributed by atoms with Crippen molar-refractivity contribution in [2.24, 2.45) is 0 Å². The van der Waals surface area contributed by atoms with Gasteiger partial charge >= 0.3 is 0 Å². The standard InChI is InChI=1S/C63H37BN6O2/c1-2-17-38(18-3-1)61-65-62(67-63(66-61)70-48-27-10-4-21-42(48)43-22-5-11-28-49(43)70)39-19-16-20-40(35-39)68-50-29-12-6-23-44(50)58-52(68)33-34-53-59(58)45-24-7-13-30-51(45)69(53)41-36-56-60-57(37-41)72-55-32-15-9-26-47(55)64(60)46-25-8-14-31-54(46)71-56/h1-37H. The summed E-state index contributed by atoms with van der Waals surface area (Å²) >= 11 is 0. The minimum atomic E-state index is -0.000451. The van der Waals surface area contributed by atoms with E-state index in [0.717, 1.165) is 117 Å². The Labute approximate surface area is 412 Å². The van der Waals surface area contributed by atoms with E-state index in [1.807, 2.05) is 30.3 Å². The van der Waals surface area contributed by atoms with E-state index in [2.05, 4.69) is 208 Å². The number of aromatic nitrogens is 6. The van der Waals surface area contributed by atoms with Crippen LogP contribution in [0, 0.1) is 0 Å². The number of benzene rings is 10. The smallest absolute Gasteiger partial charge is 0.260 e. The molecule has 2 aliphatic heterocycles. The van der Waals surface area contributed by atoms with Crippen LogP contribution in [0.2, 0.25) is 0 Å². The Morgan fingerprint density at radius 3 is 1.36 bits per heavy atom. The molecule has 14 aromatic rings. The molecule has 72 heavy (non-hydrogen) atoms. The molecular formula is C63H37BN6O2. The topological polar surface area (TPSA) is 71.9 Å². The van der Waals surface area contributed by atoms with Crippen molar-refractivity contribution in [1.29, 1.82) is 0 Å². The second kappa shape index (κ2) is 14.9. The lowest BCUT2D eigenvalue weighted by Gasteiger charge is -2.33. The van der Waals surface area contributed by atoms with Crippen molar-refractivity contribution in [3.05, 3.63) is 224 Å². The van der Waals surface area contributed by atoms with Crippen molar-refractivity contribution < 1.29 is 9.47 Å². The molecule has 0 spiro atoms. The molecule has 4 aromatic heterocycles. The average molecular weight is 921 g/mol. The average Bonchev–Trinajstić information content (AvgIpc) is 4.09. The summed E-state index contributed by atoms with van der Waals surface area (Å²) < 4.78 is 20.5. The third kappa shape index (κ3) is 5.55. The molecule has 0 atom stereocenters. The summed E-state index contributed by atoms with van der Waals surface area (Å²) in [5.74, 6) is 5.10. The van der Waals surface area contributed by atoms with Gasteiger partial charge in [0.2, 0.25) is 5.95 Å². The Kier molecular flexibility index (Phi) is 8.10. The minimum absolute atomic E-state index is 0.000451. The number of ether oxygens (including phenoxy) is 2. The van der Waals surface area contributed by atoms with Gasteiger partial charge in [0.1, 0.15) is 23.0 Å². The van der Waals surface area contributed by atoms with Crippen LogP contribution in [0.15, 0.2) is 224 Å². The summed E-state index contributed by atoms with van der Waals surface area (Å²) in [6.45, 7) is -0.000451. The molecule has 0 fully saturated rings. The monoisotopic (exact) mass is 920 g/mol. The summed E-state index contributed by atoms with van der Waals surface area (Å²) in [6, 6.07) is 78.8. The molecule has 6 heterocycles. The Hall–Kier alpha value is -9.73. The molecule has 16 rings (SSSR count). The summed E-state index contributed by atoms with van der Waals surface area (Å²) in [6.07, 6.45) is 0. The summed E-state index contributed by atoms with van der Waals surface area (Å²) in [5.41, 5.74) is 13.6. The van der Waals surface area contributed by atoms with E-state index >= 15 is 0 Å². The highest BCUT2D eigenvalue weighted by Crippen LogP contribution is 2.45. The van der Waals surface area contributed by atoms with Crippen LogP contribution < -0.4 is 25.9 Å². The van der Waals surface area contributed by atoms with Crippen LogP contribution >= 0.6 is 0 Å². The molecule has 10 aromatic carbocycles. The first-order valence-corrected chi connectivity index (χ1v) is 24.3. The number of rotatable bonds is 5. The molecular weight excluding hydrogens is 884 g/mol. The Morgan fingerprint density at radius 1 is 0.319 bits per heavy atom. The highest BCUT2D eigenvalue weighted by molar-refractivity contribution is 6.98. The zero-order chi connectivity index (χ0) is 47.0. The Balaban J connectivity index is 0.896. The van der Waals surface area contributed by atoms with Gasteiger partial charge in [-0.1, -0.05) is 152 Å². The summed E-state index contributed by atoms with van der Waals surface area (Å²) in [7, 11) is 0. The highest BCUT2D eigenvalue weighted by Gasteiger charge is 2.40. The number of nitrogens with zero attached hydrogens (tertiary/aromatic N) is 6. The predicted molar refractivity (Wildman–Crippen MR) is 291 cm³/mol. The maximum atomic E-state index is 6.80. The van der Waals surface area contributed by atoms with Crippen molar-refractivity contribution in [3.8, 4) is 63.1 Å². The number of hydrogen-bond acceptors (Lipinski definition) is 5. The van der Waals surface area contributed by atoms with E-state index in [1.54, 1.807) is 0 Å². The molecule has 9 heteroatoms. The highest BCUT2D eigenvalue weighted by atomic mass is 16.5. The van der Waals surface area contributed by atoms with E-state index in [4.69, 9.17) is 24.4 Å². The van der Waals surface area contributed by atoms with Crippen LogP contribution in [0.1, 0.15) is 0 Å². The van der Waals surface area contributed by atoms with Crippen LogP contribution in [0.4, 0.5) is 0 Å². The first-order valence-electron chi connectivity index (χ1n) is 24.3. The van der Waals surface area contributed by atoms with Gasteiger partial charge in [0.15, 0.2) is 11.6 Å². The molecule has 0 bridgehead atoms. The van der Waals surface area contributed by atoms with E-state index < -0.39 is 0 Å². The van der Waals surface area contributed by atoms with Crippen LogP contribution in [-0.2, 0) is 0 Å². The van der Waals surface area contributed by atoms with Crippen molar-refractivity contribution in [1.82, 2.24) is 28.7 Å². The molecule has 0 saturated heterocycles. The van der Waals surface area contributed by atoms with Gasteiger partial charge < -0.3 is 18.6 Å². The zero-order valence-electron chi connectivity index (χ0n) is 38.4. The fourth-order valence-electron chi connectivity index (χ4n) is 11.8. The van der Waals surface area contributed by atoms with E-state index in [-0.39, 0.29) is 6.71 Å². The third-order valence-corrected chi connectivity index (χ3v) is 14.8. The normalized spacial score (nSPS) is 12.6. The molecule has 2 aliphatic rings. The van der Waals surface area contributed by atoms with Gasteiger partial charge in [-0.2, -0.15) is 9.97 Å². The molecule has 0 aliphatic carbocycles. The van der Waals surface area contributed by atoms with Gasteiger partial charge in [0, 0.05) is 66.7 Å². The van der Waals surface area contributed by atoms with Crippen molar-refractivity contribution in [3.63, 3.8) is 0 Å². The molecule has 0 saturated carbocycles. The second-order valence-electron chi connectivity index (χ2n) is 18.7. The number of hydrogen-bond donors (Lipinski definition) is 0. The van der Waals surface area contributed by atoms with E-state index in [0.29, 0.717) is 17.6 Å². The Bertz CT molecular complexity index is 4490. The lowest BCUT2D eigenvalue weighted by molar-refractivity contribution is 0.464. The summed E-state index contributed by atoms with van der Waals surface area (Å²) in [4.78, 5) is 15.7. The zero-order valence-corrected chi connectivity index (χ0v) is 38.4. The lowest BCUT2D eigenvalue weighted by Crippen LogP contribution is -2.57. The van der Waals surface area contributed by atoms with Gasteiger partial charge in [-0.15, -0.1) is 0 Å². The van der Waals surface area contributed by atoms with E-state index in [9.17, 15) is 0 Å². The molecule has 8 nitrogen and oxygen atoms in total. The Morgan fingerprint density at radius 2 is 0.778 bits per heavy atom. The quantitative estimate of drug-likeness (QED) is 0.161. The van der Waals surface area contributed by atoms with E-state index in [1.165, 1.54) is 10.8 Å². The molecule has 0 N–H and O–H groups in total. The van der Waals surface area contributed by atoms with Gasteiger partial charge in [-0.3, -0.25) is 4.57 Å². The second-order valence-corrected chi connectivity index (χ2v) is 18.7. The fraction of sp³-hybridized carbons (Fsp3) is 0. The van der Waals surface area contributed by atoms with Crippen LogP contribution in [-0.4, -0.2) is 35.4 Å². The number of para-hydroxylation sites is 6. The van der Waals surface area contributed by atoms with Crippen molar-refractivity contribution in [2.75, 3.05) is 0 Å². The van der Waals surface area contributed by atoms with Crippen molar-refractivity contribution >= 4 is 88.5 Å². The molecule has 0 amide bonds. The van der Waals surface area contributed by atoms with Crippen LogP contribution in [0.3, 0.4) is 0 Å². The number of fused-ring (bicyclic) bond motifs is 14. The minimum Gasteiger partial charge on any atom is -0.458 e. The molecule has 0 radical (unpaired) electrons. The van der Waals surface area contributed by atoms with Crippen molar-refractivity contribution in [2.45, 2.75) is 0 Å². The first kappa shape index (κ1) is 39.2. The van der Waals surface area contributed by atoms with Crippen LogP contribution in [0.5, 0.6) is 23.0 Å². The van der Waals surface area contributed by atoms with Crippen LogP contribution in [0.25, 0.3) is 106 Å². The third-order valence-electron chi connectivity index (χ3n) is 14.8. The SMILES string of the molecule is c1ccc(-c2nc(-c3cccc(-n4c5ccccc5c5c6c7ccccc7n(-c7cc8c9c(c7)Oc7ccccc7B9c7ccccc7O8)c6ccc54)c3)nc(-n3c4ccccc4c4ccccc43)n2)cc1. The molecule has 0 unspecified atom stereocenters. The molecule has 334 valence electrons. The predicted octanol–water partition coefficient (Wildman–Crippen LogP) is 13.2. The van der Waals surface area contributed by atoms with Gasteiger partial charge in [-0.05, 0) is 71.6 Å². The van der Waals surface area contributed by atoms with Gasteiger partial charge in [0.05, 0.1) is 38.8 Å². The first-order chi connectivity index (χ1) is 35.7. The van der Waals surface area contributed by atoms with Gasteiger partial charge in [0.25, 0.3) is 6.71 Å².